The maximum absolute atomic E-state index is 11.3. The van der Waals surface area contributed by atoms with Gasteiger partial charge in [0.05, 0.1) is 23.1 Å². The second-order valence-corrected chi connectivity index (χ2v) is 6.03. The predicted octanol–water partition coefficient (Wildman–Crippen LogP) is 2.45. The van der Waals surface area contributed by atoms with Crippen LogP contribution in [0.4, 0.5) is 11.4 Å². The van der Waals surface area contributed by atoms with E-state index in [-0.39, 0.29) is 6.42 Å². The highest BCUT2D eigenvalue weighted by atomic mass is 16.5. The van der Waals surface area contributed by atoms with Crippen LogP contribution in [0.2, 0.25) is 0 Å². The van der Waals surface area contributed by atoms with Crippen LogP contribution in [0.25, 0.3) is 11.0 Å². The Balaban J connectivity index is 2.08. The van der Waals surface area contributed by atoms with Gasteiger partial charge < -0.3 is 19.7 Å². The zero-order valence-electron chi connectivity index (χ0n) is 14.8. The molecular formula is C19H21N5O2. The summed E-state index contributed by atoms with van der Waals surface area (Å²) in [5, 5.41) is 3.33. The maximum atomic E-state index is 11.3. The highest BCUT2D eigenvalue weighted by Crippen LogP contribution is 2.33. The number of hydrogen-bond donors (Lipinski definition) is 1. The van der Waals surface area contributed by atoms with E-state index < -0.39 is 0 Å². The third-order valence-corrected chi connectivity index (χ3v) is 3.80. The minimum Gasteiger partial charge on any atom is -0.476 e. The standard InChI is InChI=1S/C19H21N5O2/c1-24(2)10-12-26-19-15(7-11-25)17(22-14-5-3-8-20-13-14)18-16(23-19)6-4-9-21-18/h3-6,8-9,11,13H,7,10,12H2,1-2H3,(H,22,23). The molecule has 7 nitrogen and oxygen atoms in total. The lowest BCUT2D eigenvalue weighted by atomic mass is 10.1. The molecule has 1 N–H and O–H groups in total. The number of hydrogen-bond acceptors (Lipinski definition) is 7. The van der Waals surface area contributed by atoms with E-state index in [2.05, 4.69) is 20.3 Å². The quantitative estimate of drug-likeness (QED) is 0.624. The molecule has 0 bridgehead atoms. The molecule has 0 atom stereocenters. The van der Waals surface area contributed by atoms with E-state index in [1.54, 1.807) is 18.6 Å². The third-order valence-electron chi connectivity index (χ3n) is 3.80. The number of anilines is 2. The molecule has 3 heterocycles. The normalized spacial score (nSPS) is 10.9. The number of ether oxygens (including phenoxy) is 1. The highest BCUT2D eigenvalue weighted by molar-refractivity contribution is 5.93. The molecule has 0 saturated carbocycles. The molecule has 26 heavy (non-hydrogen) atoms. The summed E-state index contributed by atoms with van der Waals surface area (Å²) in [6.45, 7) is 1.22. The van der Waals surface area contributed by atoms with Gasteiger partial charge in [-0.2, -0.15) is 0 Å². The first kappa shape index (κ1) is 17.8. The summed E-state index contributed by atoms with van der Waals surface area (Å²) in [5.41, 5.74) is 3.60. The number of fused-ring (bicyclic) bond motifs is 1. The van der Waals surface area contributed by atoms with Crippen molar-refractivity contribution in [1.82, 2.24) is 19.9 Å². The van der Waals surface area contributed by atoms with Crippen molar-refractivity contribution in [3.63, 3.8) is 0 Å². The molecule has 0 aliphatic carbocycles. The van der Waals surface area contributed by atoms with Gasteiger partial charge in [0.15, 0.2) is 0 Å². The fourth-order valence-corrected chi connectivity index (χ4v) is 2.54. The van der Waals surface area contributed by atoms with Gasteiger partial charge in [0.2, 0.25) is 5.88 Å². The number of nitrogens with one attached hydrogen (secondary N) is 1. The molecule has 3 rings (SSSR count). The lowest BCUT2D eigenvalue weighted by molar-refractivity contribution is -0.107. The summed E-state index contributed by atoms with van der Waals surface area (Å²) in [7, 11) is 3.95. The van der Waals surface area contributed by atoms with Crippen LogP contribution >= 0.6 is 0 Å². The van der Waals surface area contributed by atoms with Crippen molar-refractivity contribution >= 4 is 28.7 Å². The van der Waals surface area contributed by atoms with Gasteiger partial charge in [-0.25, -0.2) is 4.98 Å². The van der Waals surface area contributed by atoms with E-state index in [1.807, 2.05) is 43.3 Å². The van der Waals surface area contributed by atoms with E-state index in [0.29, 0.717) is 29.1 Å². The number of nitrogens with zero attached hydrogens (tertiary/aromatic N) is 4. The van der Waals surface area contributed by atoms with Crippen LogP contribution in [0, 0.1) is 0 Å². The van der Waals surface area contributed by atoms with E-state index in [4.69, 9.17) is 4.74 Å². The Hall–Kier alpha value is -3.06. The summed E-state index contributed by atoms with van der Waals surface area (Å²) < 4.78 is 5.89. The molecule has 134 valence electrons. The molecular weight excluding hydrogens is 330 g/mol. The molecule has 7 heteroatoms. The van der Waals surface area contributed by atoms with Gasteiger partial charge in [0, 0.05) is 30.9 Å². The molecule has 0 spiro atoms. The lowest BCUT2D eigenvalue weighted by Crippen LogP contribution is -2.20. The first-order chi connectivity index (χ1) is 12.7. The van der Waals surface area contributed by atoms with Crippen LogP contribution in [-0.4, -0.2) is 53.4 Å². The van der Waals surface area contributed by atoms with Crippen LogP contribution in [0.5, 0.6) is 5.88 Å². The van der Waals surface area contributed by atoms with Gasteiger partial charge in [0.25, 0.3) is 0 Å². The summed E-state index contributed by atoms with van der Waals surface area (Å²) in [4.78, 5) is 26.5. The molecule has 0 fully saturated rings. The second-order valence-electron chi connectivity index (χ2n) is 6.03. The van der Waals surface area contributed by atoms with Crippen molar-refractivity contribution in [3.8, 4) is 5.88 Å². The first-order valence-corrected chi connectivity index (χ1v) is 8.35. The number of pyridine rings is 3. The molecule has 0 aromatic carbocycles. The Kier molecular flexibility index (Phi) is 5.70. The average molecular weight is 351 g/mol. The van der Waals surface area contributed by atoms with E-state index >= 15 is 0 Å². The zero-order chi connectivity index (χ0) is 18.4. The SMILES string of the molecule is CN(C)CCOc1nc2cccnc2c(Nc2cccnc2)c1CC=O. The van der Waals surface area contributed by atoms with Gasteiger partial charge in [-0.05, 0) is 38.4 Å². The molecule has 3 aromatic rings. The Morgan fingerprint density at radius 1 is 1.23 bits per heavy atom. The van der Waals surface area contributed by atoms with E-state index in [0.717, 1.165) is 24.2 Å². The number of aromatic nitrogens is 3. The third kappa shape index (κ3) is 4.12. The Morgan fingerprint density at radius 2 is 2.08 bits per heavy atom. The van der Waals surface area contributed by atoms with E-state index in [1.165, 1.54) is 0 Å². The number of aldehydes is 1. The summed E-state index contributed by atoms with van der Waals surface area (Å²) >= 11 is 0. The van der Waals surface area contributed by atoms with Crippen molar-refractivity contribution in [2.45, 2.75) is 6.42 Å². The number of carbonyl (C=O) groups excluding carboxylic acids is 1. The summed E-state index contributed by atoms with van der Waals surface area (Å²) in [5.74, 6) is 0.450. The number of rotatable bonds is 8. The summed E-state index contributed by atoms with van der Waals surface area (Å²) in [6.07, 6.45) is 6.15. The smallest absolute Gasteiger partial charge is 0.219 e. The number of likely N-dealkylation sites (N-methyl/N-ethyl adjacent to an activating group) is 1. The topological polar surface area (TPSA) is 80.2 Å². The fraction of sp³-hybridized carbons (Fsp3) is 0.263. The molecule has 0 unspecified atom stereocenters. The maximum Gasteiger partial charge on any atom is 0.219 e. The molecule has 3 aromatic heterocycles. The Morgan fingerprint density at radius 3 is 2.81 bits per heavy atom. The van der Waals surface area contributed by atoms with Gasteiger partial charge in [0.1, 0.15) is 18.4 Å². The first-order valence-electron chi connectivity index (χ1n) is 8.35. The van der Waals surface area contributed by atoms with Crippen LogP contribution in [0.1, 0.15) is 5.56 Å². The fourth-order valence-electron chi connectivity index (χ4n) is 2.54. The van der Waals surface area contributed by atoms with Crippen LogP contribution in [0.15, 0.2) is 42.9 Å². The van der Waals surface area contributed by atoms with E-state index in [9.17, 15) is 4.79 Å². The van der Waals surface area contributed by atoms with Crippen molar-refractivity contribution < 1.29 is 9.53 Å². The minimum absolute atomic E-state index is 0.180. The van der Waals surface area contributed by atoms with Crippen molar-refractivity contribution in [1.29, 1.82) is 0 Å². The number of carbonyl (C=O) groups is 1. The molecule has 0 aliphatic rings. The largest absolute Gasteiger partial charge is 0.476 e. The van der Waals surface area contributed by atoms with Gasteiger partial charge in [-0.15, -0.1) is 0 Å². The van der Waals surface area contributed by atoms with Crippen LogP contribution in [0.3, 0.4) is 0 Å². The lowest BCUT2D eigenvalue weighted by Gasteiger charge is -2.17. The zero-order valence-corrected chi connectivity index (χ0v) is 14.8. The molecule has 0 saturated heterocycles. The van der Waals surface area contributed by atoms with Gasteiger partial charge in [-0.3, -0.25) is 9.97 Å². The van der Waals surface area contributed by atoms with Crippen LogP contribution < -0.4 is 10.1 Å². The molecule has 0 aliphatic heterocycles. The Bertz CT molecular complexity index is 884. The Labute approximate surface area is 152 Å². The molecule has 0 radical (unpaired) electrons. The average Bonchev–Trinajstić information content (AvgIpc) is 2.65. The van der Waals surface area contributed by atoms with Gasteiger partial charge in [-0.1, -0.05) is 0 Å². The van der Waals surface area contributed by atoms with Crippen LogP contribution in [-0.2, 0) is 11.2 Å². The highest BCUT2D eigenvalue weighted by Gasteiger charge is 2.17. The minimum atomic E-state index is 0.180. The predicted molar refractivity (Wildman–Crippen MR) is 101 cm³/mol. The second kappa shape index (κ2) is 8.35. The van der Waals surface area contributed by atoms with Gasteiger partial charge >= 0.3 is 0 Å². The van der Waals surface area contributed by atoms with Crippen molar-refractivity contribution in [3.05, 3.63) is 48.4 Å². The van der Waals surface area contributed by atoms with Crippen molar-refractivity contribution in [2.75, 3.05) is 32.6 Å². The molecule has 0 amide bonds. The van der Waals surface area contributed by atoms with Crippen molar-refractivity contribution in [2.24, 2.45) is 0 Å². The monoisotopic (exact) mass is 351 g/mol. The summed E-state index contributed by atoms with van der Waals surface area (Å²) in [6, 6.07) is 7.44.